The molecule has 7 heteroatoms. The molecule has 0 unspecified atom stereocenters. The average molecular weight is 298 g/mol. The Kier molecular flexibility index (Phi) is 4.32. The first-order valence-corrected chi connectivity index (χ1v) is 6.02. The van der Waals surface area contributed by atoms with Crippen LogP contribution in [0.5, 0.6) is 17.4 Å². The number of alkyl halides is 3. The van der Waals surface area contributed by atoms with Gasteiger partial charge in [0.05, 0.1) is 12.7 Å². The Bertz CT molecular complexity index is 630. The highest BCUT2D eigenvalue weighted by Gasteiger charge is 2.34. The van der Waals surface area contributed by atoms with Gasteiger partial charge in [-0.3, -0.25) is 0 Å². The summed E-state index contributed by atoms with van der Waals surface area (Å²) >= 11 is 0. The molecule has 2 N–H and O–H groups in total. The zero-order valence-corrected chi connectivity index (χ0v) is 11.1. The summed E-state index contributed by atoms with van der Waals surface area (Å²) in [6, 6.07) is 6.56. The molecule has 0 saturated heterocycles. The number of hydrogen-bond acceptors (Lipinski definition) is 4. The summed E-state index contributed by atoms with van der Waals surface area (Å²) in [5.74, 6) is 0.153. The highest BCUT2D eigenvalue weighted by molar-refractivity contribution is 5.42. The van der Waals surface area contributed by atoms with Crippen LogP contribution in [0.25, 0.3) is 0 Å². The number of nitrogens with two attached hydrogens (primary N) is 1. The number of ether oxygens (including phenoxy) is 2. The topological polar surface area (TPSA) is 57.4 Å². The van der Waals surface area contributed by atoms with Crippen molar-refractivity contribution in [2.75, 3.05) is 7.11 Å². The molecule has 0 aliphatic heterocycles. The summed E-state index contributed by atoms with van der Waals surface area (Å²) in [4.78, 5) is 3.86. The van der Waals surface area contributed by atoms with Gasteiger partial charge in [-0.05, 0) is 23.8 Å². The van der Waals surface area contributed by atoms with Crippen molar-refractivity contribution < 1.29 is 22.6 Å². The number of benzene rings is 1. The summed E-state index contributed by atoms with van der Waals surface area (Å²) in [5, 5.41) is 0. The minimum absolute atomic E-state index is 0.0203. The number of hydrogen-bond donors (Lipinski definition) is 1. The number of halogens is 3. The summed E-state index contributed by atoms with van der Waals surface area (Å²) in [6.07, 6.45) is -3.15. The van der Waals surface area contributed by atoms with Crippen molar-refractivity contribution in [3.63, 3.8) is 0 Å². The van der Waals surface area contributed by atoms with Crippen LogP contribution in [0.3, 0.4) is 0 Å². The molecule has 1 aromatic heterocycles. The van der Waals surface area contributed by atoms with E-state index in [0.717, 1.165) is 6.07 Å². The van der Waals surface area contributed by atoms with Gasteiger partial charge in [-0.1, -0.05) is 6.07 Å². The summed E-state index contributed by atoms with van der Waals surface area (Å²) < 4.78 is 49.4. The molecule has 0 atom stereocenters. The summed E-state index contributed by atoms with van der Waals surface area (Å²) in [6.45, 7) is 0.0203. The van der Waals surface area contributed by atoms with Gasteiger partial charge in [0, 0.05) is 18.8 Å². The van der Waals surface area contributed by atoms with Gasteiger partial charge < -0.3 is 15.2 Å². The van der Waals surface area contributed by atoms with E-state index in [9.17, 15) is 13.2 Å². The fourth-order valence-electron chi connectivity index (χ4n) is 1.71. The van der Waals surface area contributed by atoms with E-state index in [2.05, 4.69) is 4.98 Å². The number of pyridine rings is 1. The molecule has 0 saturated carbocycles. The highest BCUT2D eigenvalue weighted by Crippen LogP contribution is 2.38. The maximum absolute atomic E-state index is 13.1. The lowest BCUT2D eigenvalue weighted by Crippen LogP contribution is -2.09. The molecule has 0 aliphatic carbocycles. The lowest BCUT2D eigenvalue weighted by atomic mass is 10.1. The molecule has 4 nitrogen and oxygen atoms in total. The molecule has 0 amide bonds. The molecule has 0 fully saturated rings. The molecule has 0 bridgehead atoms. The number of rotatable bonds is 4. The Balaban J connectivity index is 2.39. The molecular formula is C14H13F3N2O2. The summed E-state index contributed by atoms with van der Waals surface area (Å²) in [5.41, 5.74) is 4.87. The minimum atomic E-state index is -4.53. The summed E-state index contributed by atoms with van der Waals surface area (Å²) in [7, 11) is 1.41. The third-order valence-corrected chi connectivity index (χ3v) is 2.73. The van der Waals surface area contributed by atoms with E-state index in [1.807, 2.05) is 0 Å². The zero-order chi connectivity index (χ0) is 15.5. The second kappa shape index (κ2) is 6.01. The van der Waals surface area contributed by atoms with Crippen LogP contribution in [0.4, 0.5) is 13.2 Å². The van der Waals surface area contributed by atoms with Crippen molar-refractivity contribution in [2.45, 2.75) is 12.7 Å². The molecule has 0 aliphatic rings. The van der Waals surface area contributed by atoms with Gasteiger partial charge in [0.2, 0.25) is 5.88 Å². The number of methoxy groups -OCH3 is 1. The molecule has 21 heavy (non-hydrogen) atoms. The molecule has 2 rings (SSSR count). The van der Waals surface area contributed by atoms with Gasteiger partial charge >= 0.3 is 6.18 Å². The highest BCUT2D eigenvalue weighted by atomic mass is 19.4. The Hall–Kier alpha value is -2.28. The fraction of sp³-hybridized carbons (Fsp3) is 0.214. The van der Waals surface area contributed by atoms with Crippen LogP contribution in [0.15, 0.2) is 36.5 Å². The van der Waals surface area contributed by atoms with Crippen LogP contribution in [0, 0.1) is 0 Å². The standard InChI is InChI=1S/C14H13F3N2O2/c1-20-13-7-10(4-5-19-13)21-12-3-2-9(8-18)6-11(12)14(15,16)17/h2-7H,8,18H2,1H3. The third-order valence-electron chi connectivity index (χ3n) is 2.73. The van der Waals surface area contributed by atoms with E-state index in [1.54, 1.807) is 0 Å². The largest absolute Gasteiger partial charge is 0.481 e. The molecule has 0 radical (unpaired) electrons. The maximum Gasteiger partial charge on any atom is 0.419 e. The quantitative estimate of drug-likeness (QED) is 0.940. The van der Waals surface area contributed by atoms with Gasteiger partial charge in [0.1, 0.15) is 11.5 Å². The Morgan fingerprint density at radius 3 is 2.57 bits per heavy atom. The van der Waals surface area contributed by atoms with Crippen molar-refractivity contribution >= 4 is 0 Å². The second-order valence-corrected chi connectivity index (χ2v) is 4.17. The molecular weight excluding hydrogens is 285 g/mol. The molecule has 0 spiro atoms. The van der Waals surface area contributed by atoms with Crippen molar-refractivity contribution in [1.82, 2.24) is 4.98 Å². The monoisotopic (exact) mass is 298 g/mol. The van der Waals surface area contributed by atoms with Gasteiger partial charge in [0.25, 0.3) is 0 Å². The van der Waals surface area contributed by atoms with E-state index in [-0.39, 0.29) is 23.9 Å². The second-order valence-electron chi connectivity index (χ2n) is 4.17. The number of aromatic nitrogens is 1. The lowest BCUT2D eigenvalue weighted by Gasteiger charge is -2.15. The van der Waals surface area contributed by atoms with Gasteiger partial charge in [-0.2, -0.15) is 13.2 Å². The van der Waals surface area contributed by atoms with Crippen molar-refractivity contribution in [1.29, 1.82) is 0 Å². The van der Waals surface area contributed by atoms with E-state index < -0.39 is 11.7 Å². The van der Waals surface area contributed by atoms with Crippen LogP contribution in [0.2, 0.25) is 0 Å². The SMILES string of the molecule is COc1cc(Oc2ccc(CN)cc2C(F)(F)F)ccn1. The zero-order valence-electron chi connectivity index (χ0n) is 11.1. The third kappa shape index (κ3) is 3.63. The van der Waals surface area contributed by atoms with Crippen molar-refractivity contribution in [2.24, 2.45) is 5.73 Å². The van der Waals surface area contributed by atoms with Gasteiger partial charge in [0.15, 0.2) is 0 Å². The molecule has 112 valence electrons. The van der Waals surface area contributed by atoms with Crippen molar-refractivity contribution in [3.05, 3.63) is 47.7 Å². The number of nitrogens with zero attached hydrogens (tertiary/aromatic N) is 1. The Morgan fingerprint density at radius 2 is 1.95 bits per heavy atom. The van der Waals surface area contributed by atoms with E-state index in [1.165, 1.54) is 37.6 Å². The van der Waals surface area contributed by atoms with Crippen LogP contribution in [-0.2, 0) is 12.7 Å². The molecule has 1 aromatic carbocycles. The van der Waals surface area contributed by atoms with Gasteiger partial charge in [-0.15, -0.1) is 0 Å². The van der Waals surface area contributed by atoms with Crippen LogP contribution < -0.4 is 15.2 Å². The lowest BCUT2D eigenvalue weighted by molar-refractivity contribution is -0.138. The Morgan fingerprint density at radius 1 is 1.19 bits per heavy atom. The average Bonchev–Trinajstić information content (AvgIpc) is 2.46. The first kappa shape index (κ1) is 15.1. The first-order valence-electron chi connectivity index (χ1n) is 6.02. The van der Waals surface area contributed by atoms with Crippen molar-refractivity contribution in [3.8, 4) is 17.4 Å². The Labute approximate surface area is 119 Å². The maximum atomic E-state index is 13.1. The van der Waals surface area contributed by atoms with Crippen LogP contribution in [0.1, 0.15) is 11.1 Å². The normalized spacial score (nSPS) is 11.3. The smallest absolute Gasteiger partial charge is 0.419 e. The van der Waals surface area contributed by atoms with E-state index in [4.69, 9.17) is 15.2 Å². The van der Waals surface area contributed by atoms with Gasteiger partial charge in [-0.25, -0.2) is 4.98 Å². The molecule has 1 heterocycles. The van der Waals surface area contributed by atoms with E-state index >= 15 is 0 Å². The van der Waals surface area contributed by atoms with E-state index in [0.29, 0.717) is 5.56 Å². The first-order chi connectivity index (χ1) is 9.94. The predicted octanol–water partition coefficient (Wildman–Crippen LogP) is 3.36. The minimum Gasteiger partial charge on any atom is -0.481 e. The van der Waals surface area contributed by atoms with Crippen LogP contribution in [-0.4, -0.2) is 12.1 Å². The van der Waals surface area contributed by atoms with Crippen LogP contribution >= 0.6 is 0 Å². The predicted molar refractivity (Wildman–Crippen MR) is 70.2 cm³/mol. The molecule has 2 aromatic rings. The fourth-order valence-corrected chi connectivity index (χ4v) is 1.71.